The summed E-state index contributed by atoms with van der Waals surface area (Å²) in [5.74, 6) is 2.53. The predicted molar refractivity (Wildman–Crippen MR) is 126 cm³/mol. The van der Waals surface area contributed by atoms with E-state index in [1.54, 1.807) is 21.3 Å². The fourth-order valence-corrected chi connectivity index (χ4v) is 3.62. The Morgan fingerprint density at radius 2 is 1.44 bits per heavy atom. The summed E-state index contributed by atoms with van der Waals surface area (Å²) >= 11 is 0. The smallest absolute Gasteiger partial charge is 0.203 e. The molecule has 3 aromatic rings. The van der Waals surface area contributed by atoms with Gasteiger partial charge in [0.25, 0.3) is 0 Å². The summed E-state index contributed by atoms with van der Waals surface area (Å²) in [6.45, 7) is 1.23. The monoisotopic (exact) mass is 437 g/mol. The van der Waals surface area contributed by atoms with Gasteiger partial charge in [-0.05, 0) is 36.4 Å². The highest BCUT2D eigenvalue weighted by Gasteiger charge is 2.18. The maximum absolute atomic E-state index is 10.5. The van der Waals surface area contributed by atoms with Crippen LogP contribution in [0.1, 0.15) is 5.56 Å². The van der Waals surface area contributed by atoms with Crippen molar-refractivity contribution in [1.29, 1.82) is 0 Å². The number of ether oxygens (including phenoxy) is 4. The zero-order valence-corrected chi connectivity index (χ0v) is 19.1. The van der Waals surface area contributed by atoms with Crippen molar-refractivity contribution in [2.24, 2.45) is 0 Å². The lowest BCUT2D eigenvalue weighted by Crippen LogP contribution is -2.32. The summed E-state index contributed by atoms with van der Waals surface area (Å²) in [5, 5.41) is 10.5. The van der Waals surface area contributed by atoms with Gasteiger partial charge in [-0.3, -0.25) is 4.90 Å². The molecule has 3 rings (SSSR count). The fourth-order valence-electron chi connectivity index (χ4n) is 3.62. The minimum atomic E-state index is -0.639. The summed E-state index contributed by atoms with van der Waals surface area (Å²) in [6.07, 6.45) is -0.639. The topological polar surface area (TPSA) is 60.4 Å². The molecule has 0 aliphatic carbocycles. The predicted octanol–water partition coefficient (Wildman–Crippen LogP) is 4.25. The summed E-state index contributed by atoms with van der Waals surface area (Å²) in [7, 11) is 6.72. The molecule has 3 aromatic carbocycles. The van der Waals surface area contributed by atoms with Crippen molar-refractivity contribution >= 4 is 0 Å². The normalized spacial score (nSPS) is 11.8. The van der Waals surface area contributed by atoms with E-state index in [-0.39, 0.29) is 6.61 Å². The quantitative estimate of drug-likeness (QED) is 0.484. The fraction of sp³-hybridized carbons (Fsp3) is 0.308. The molecular weight excluding hydrogens is 406 g/mol. The molecule has 0 aromatic heterocycles. The van der Waals surface area contributed by atoms with Crippen LogP contribution in [0.25, 0.3) is 11.1 Å². The van der Waals surface area contributed by atoms with Crippen LogP contribution in [0.5, 0.6) is 23.0 Å². The van der Waals surface area contributed by atoms with Crippen LogP contribution < -0.4 is 18.9 Å². The van der Waals surface area contributed by atoms with Gasteiger partial charge in [-0.25, -0.2) is 0 Å². The van der Waals surface area contributed by atoms with Gasteiger partial charge in [0, 0.05) is 18.7 Å². The number of aliphatic hydroxyl groups is 1. The molecule has 0 saturated carbocycles. The molecule has 6 nitrogen and oxygen atoms in total. The van der Waals surface area contributed by atoms with Crippen LogP contribution in [0.2, 0.25) is 0 Å². The first-order valence-corrected chi connectivity index (χ1v) is 10.5. The summed E-state index contributed by atoms with van der Waals surface area (Å²) < 4.78 is 22.1. The van der Waals surface area contributed by atoms with E-state index >= 15 is 0 Å². The van der Waals surface area contributed by atoms with E-state index < -0.39 is 6.10 Å². The Morgan fingerprint density at radius 1 is 0.781 bits per heavy atom. The molecule has 0 amide bonds. The molecule has 1 N–H and O–H groups in total. The lowest BCUT2D eigenvalue weighted by molar-refractivity contribution is 0.0741. The highest BCUT2D eigenvalue weighted by Crippen LogP contribution is 2.40. The van der Waals surface area contributed by atoms with Gasteiger partial charge in [0.2, 0.25) is 5.75 Å². The Bertz CT molecular complexity index is 976. The maximum Gasteiger partial charge on any atom is 0.203 e. The van der Waals surface area contributed by atoms with E-state index in [0.717, 1.165) is 22.4 Å². The lowest BCUT2D eigenvalue weighted by Gasteiger charge is -2.23. The molecule has 6 heteroatoms. The highest BCUT2D eigenvalue weighted by molar-refractivity contribution is 5.63. The van der Waals surface area contributed by atoms with Gasteiger partial charge in [0.1, 0.15) is 18.5 Å². The first-order valence-electron chi connectivity index (χ1n) is 10.5. The Hall–Kier alpha value is -3.22. The van der Waals surface area contributed by atoms with E-state index in [1.165, 1.54) is 0 Å². The molecule has 0 spiro atoms. The Kier molecular flexibility index (Phi) is 8.36. The number of hydrogen-bond acceptors (Lipinski definition) is 6. The van der Waals surface area contributed by atoms with Crippen molar-refractivity contribution in [1.82, 2.24) is 4.90 Å². The number of benzene rings is 3. The van der Waals surface area contributed by atoms with Crippen LogP contribution in [-0.4, -0.2) is 57.6 Å². The van der Waals surface area contributed by atoms with Crippen LogP contribution in [-0.2, 0) is 6.54 Å². The summed E-state index contributed by atoms with van der Waals surface area (Å²) in [5.41, 5.74) is 3.23. The average molecular weight is 438 g/mol. The van der Waals surface area contributed by atoms with Gasteiger partial charge < -0.3 is 24.1 Å². The SMILES string of the molecule is COc1ccc(CN(C)CC(O)COc2ccc(-c3ccccc3)cc2)c(OC)c1OC. The van der Waals surface area contributed by atoms with Gasteiger partial charge >= 0.3 is 0 Å². The Balaban J connectivity index is 1.53. The molecule has 0 heterocycles. The molecule has 0 aliphatic heterocycles. The number of likely N-dealkylation sites (N-methyl/N-ethyl adjacent to an activating group) is 1. The molecule has 0 fully saturated rings. The van der Waals surface area contributed by atoms with E-state index in [4.69, 9.17) is 18.9 Å². The maximum atomic E-state index is 10.5. The van der Waals surface area contributed by atoms with Crippen molar-refractivity contribution in [3.05, 3.63) is 72.3 Å². The average Bonchev–Trinajstić information content (AvgIpc) is 2.83. The molecule has 0 radical (unpaired) electrons. The highest BCUT2D eigenvalue weighted by atomic mass is 16.5. The Morgan fingerprint density at radius 3 is 2.06 bits per heavy atom. The molecule has 170 valence electrons. The van der Waals surface area contributed by atoms with Gasteiger partial charge in [-0.1, -0.05) is 48.5 Å². The van der Waals surface area contributed by atoms with Crippen LogP contribution in [0.3, 0.4) is 0 Å². The Labute approximate surface area is 189 Å². The van der Waals surface area contributed by atoms with E-state index in [2.05, 4.69) is 12.1 Å². The second kappa shape index (κ2) is 11.4. The molecule has 0 bridgehead atoms. The number of rotatable bonds is 11. The first-order chi connectivity index (χ1) is 15.5. The zero-order valence-electron chi connectivity index (χ0n) is 19.1. The van der Waals surface area contributed by atoms with E-state index in [9.17, 15) is 5.11 Å². The van der Waals surface area contributed by atoms with Crippen molar-refractivity contribution in [2.45, 2.75) is 12.6 Å². The van der Waals surface area contributed by atoms with Crippen molar-refractivity contribution in [3.8, 4) is 34.1 Å². The summed E-state index contributed by atoms with van der Waals surface area (Å²) in [6, 6.07) is 21.9. The zero-order chi connectivity index (χ0) is 22.9. The third kappa shape index (κ3) is 5.93. The van der Waals surface area contributed by atoms with Crippen LogP contribution >= 0.6 is 0 Å². The standard InChI is InChI=1S/C26H31NO5/c1-27(16-21-12-15-24(29-2)26(31-4)25(21)30-3)17-22(28)18-32-23-13-10-20(11-14-23)19-8-6-5-7-9-19/h5-15,22,28H,16-18H2,1-4H3. The molecule has 1 unspecified atom stereocenters. The van der Waals surface area contributed by atoms with Gasteiger partial charge in [-0.2, -0.15) is 0 Å². The van der Waals surface area contributed by atoms with E-state index in [0.29, 0.717) is 30.3 Å². The van der Waals surface area contributed by atoms with Crippen molar-refractivity contribution in [3.63, 3.8) is 0 Å². The van der Waals surface area contributed by atoms with Gasteiger partial charge in [0.05, 0.1) is 21.3 Å². The van der Waals surface area contributed by atoms with Crippen LogP contribution in [0.15, 0.2) is 66.7 Å². The lowest BCUT2D eigenvalue weighted by atomic mass is 10.1. The van der Waals surface area contributed by atoms with Crippen molar-refractivity contribution in [2.75, 3.05) is 41.5 Å². The molecule has 32 heavy (non-hydrogen) atoms. The second-order valence-electron chi connectivity index (χ2n) is 7.55. The second-order valence-corrected chi connectivity index (χ2v) is 7.55. The first kappa shape index (κ1) is 23.4. The number of hydrogen-bond donors (Lipinski definition) is 1. The minimum Gasteiger partial charge on any atom is -0.493 e. The van der Waals surface area contributed by atoms with Crippen LogP contribution in [0, 0.1) is 0 Å². The van der Waals surface area contributed by atoms with Gasteiger partial charge in [0.15, 0.2) is 11.5 Å². The number of nitrogens with zero attached hydrogens (tertiary/aromatic N) is 1. The number of methoxy groups -OCH3 is 3. The van der Waals surface area contributed by atoms with Crippen LogP contribution in [0.4, 0.5) is 0 Å². The summed E-state index contributed by atoms with van der Waals surface area (Å²) in [4.78, 5) is 2.01. The molecule has 0 aliphatic rings. The van der Waals surface area contributed by atoms with Gasteiger partial charge in [-0.15, -0.1) is 0 Å². The minimum absolute atomic E-state index is 0.206. The van der Waals surface area contributed by atoms with Crippen molar-refractivity contribution < 1.29 is 24.1 Å². The molecular formula is C26H31NO5. The third-order valence-electron chi connectivity index (χ3n) is 5.15. The van der Waals surface area contributed by atoms with E-state index in [1.807, 2.05) is 66.5 Å². The largest absolute Gasteiger partial charge is 0.493 e. The number of aliphatic hydroxyl groups excluding tert-OH is 1. The molecule has 1 atom stereocenters. The molecule has 0 saturated heterocycles. The third-order valence-corrected chi connectivity index (χ3v) is 5.15.